The average molecular weight is 557 g/mol. The number of hydrogen-bond donors (Lipinski definition) is 2. The number of benzene rings is 1. The number of rotatable bonds is 13. The van der Waals surface area contributed by atoms with E-state index in [0.29, 0.717) is 35.8 Å². The van der Waals surface area contributed by atoms with Crippen LogP contribution in [0.25, 0.3) is 11.0 Å². The van der Waals surface area contributed by atoms with E-state index < -0.39 is 14.1 Å². The highest BCUT2D eigenvalue weighted by Crippen LogP contribution is 2.38. The first-order chi connectivity index (χ1) is 18.3. The van der Waals surface area contributed by atoms with Crippen LogP contribution in [0.4, 0.5) is 15.9 Å². The van der Waals surface area contributed by atoms with Gasteiger partial charge < -0.3 is 24.5 Å². The highest BCUT2D eigenvalue weighted by Gasteiger charge is 2.39. The Morgan fingerprint density at radius 1 is 1.03 bits per heavy atom. The van der Waals surface area contributed by atoms with Crippen LogP contribution in [0.1, 0.15) is 59.4 Å². The number of anilines is 2. The number of halogens is 1. The molecule has 0 saturated heterocycles. The molecule has 1 aromatic carbocycles. The summed E-state index contributed by atoms with van der Waals surface area (Å²) in [6.07, 6.45) is 4.29. The Morgan fingerprint density at radius 2 is 1.77 bits per heavy atom. The van der Waals surface area contributed by atoms with E-state index in [0.717, 1.165) is 36.3 Å². The second-order valence-electron chi connectivity index (χ2n) is 11.9. The predicted octanol–water partition coefficient (Wildman–Crippen LogP) is 7.78. The first kappa shape index (κ1) is 30.6. The second kappa shape index (κ2) is 12.5. The summed E-state index contributed by atoms with van der Waals surface area (Å²) in [6, 6.07) is 9.05. The molecular formula is C30H45FN4O3Si. The molecule has 0 bridgehead atoms. The maximum Gasteiger partial charge on any atom is 0.192 e. The highest BCUT2D eigenvalue weighted by atomic mass is 28.4. The van der Waals surface area contributed by atoms with E-state index in [-0.39, 0.29) is 10.6 Å². The fourth-order valence-corrected chi connectivity index (χ4v) is 5.19. The Morgan fingerprint density at radius 3 is 2.41 bits per heavy atom. The number of methoxy groups -OCH3 is 2. The lowest BCUT2D eigenvalue weighted by Gasteiger charge is -2.41. The van der Waals surface area contributed by atoms with Gasteiger partial charge in [-0.05, 0) is 43.6 Å². The Bertz CT molecular complexity index is 1260. The summed E-state index contributed by atoms with van der Waals surface area (Å²) >= 11 is 0. The molecule has 2 N–H and O–H groups in total. The lowest BCUT2D eigenvalue weighted by atomic mass is 9.95. The topological polar surface area (TPSA) is 77.5 Å². The molecule has 3 rings (SSSR count). The second-order valence-corrected chi connectivity index (χ2v) is 16.8. The standard InChI is InChI=1S/C30H45FN4O3Si/c1-10-11-14-30(5,20-38-39(8,9)29(2,3)4)35-25-17-27(34-24-15-22(31)19-33-28(24)25)32-18-21-12-13-23(36-6)16-26(21)37-7/h12-13,15-17,19H,10-11,14,18,20H2,1-9H3,(H2,32,34,35). The lowest BCUT2D eigenvalue weighted by molar-refractivity contribution is 0.214. The van der Waals surface area contributed by atoms with Crippen molar-refractivity contribution in [3.8, 4) is 11.5 Å². The Balaban J connectivity index is 1.94. The summed E-state index contributed by atoms with van der Waals surface area (Å²) in [5.41, 5.74) is 2.50. The van der Waals surface area contributed by atoms with Crippen molar-refractivity contribution in [1.29, 1.82) is 0 Å². The number of ether oxygens (including phenoxy) is 2. The first-order valence-corrected chi connectivity index (χ1v) is 16.5. The van der Waals surface area contributed by atoms with Crippen molar-refractivity contribution in [3.63, 3.8) is 0 Å². The van der Waals surface area contributed by atoms with Gasteiger partial charge in [0.2, 0.25) is 0 Å². The van der Waals surface area contributed by atoms with Gasteiger partial charge in [-0.15, -0.1) is 0 Å². The molecule has 0 aliphatic carbocycles. The van der Waals surface area contributed by atoms with Crippen LogP contribution in [0.5, 0.6) is 11.5 Å². The smallest absolute Gasteiger partial charge is 0.192 e. The summed E-state index contributed by atoms with van der Waals surface area (Å²) < 4.78 is 31.7. The molecule has 0 fully saturated rings. The van der Waals surface area contributed by atoms with Crippen molar-refractivity contribution in [2.24, 2.45) is 0 Å². The largest absolute Gasteiger partial charge is 0.497 e. The van der Waals surface area contributed by atoms with Crippen LogP contribution in [0, 0.1) is 5.82 Å². The Kier molecular flexibility index (Phi) is 9.82. The van der Waals surface area contributed by atoms with Gasteiger partial charge in [-0.2, -0.15) is 0 Å². The Hall–Kier alpha value is -2.91. The predicted molar refractivity (Wildman–Crippen MR) is 161 cm³/mol. The molecule has 0 radical (unpaired) electrons. The zero-order valence-corrected chi connectivity index (χ0v) is 26.0. The van der Waals surface area contributed by atoms with Gasteiger partial charge in [-0.3, -0.25) is 0 Å². The van der Waals surface area contributed by atoms with E-state index in [1.165, 1.54) is 12.3 Å². The van der Waals surface area contributed by atoms with Gasteiger partial charge in [0.1, 0.15) is 28.7 Å². The molecule has 214 valence electrons. The van der Waals surface area contributed by atoms with Crippen LogP contribution in [0.2, 0.25) is 18.1 Å². The van der Waals surface area contributed by atoms with E-state index in [2.05, 4.69) is 68.3 Å². The van der Waals surface area contributed by atoms with Crippen molar-refractivity contribution in [3.05, 3.63) is 47.9 Å². The molecule has 3 aromatic rings. The van der Waals surface area contributed by atoms with Gasteiger partial charge in [0, 0.05) is 30.3 Å². The van der Waals surface area contributed by atoms with Crippen LogP contribution >= 0.6 is 0 Å². The lowest BCUT2D eigenvalue weighted by Crippen LogP contribution is -2.48. The summed E-state index contributed by atoms with van der Waals surface area (Å²) in [7, 11) is 1.29. The third kappa shape index (κ3) is 7.82. The number of pyridine rings is 2. The van der Waals surface area contributed by atoms with Crippen LogP contribution in [-0.2, 0) is 11.0 Å². The molecule has 7 nitrogen and oxygen atoms in total. The van der Waals surface area contributed by atoms with Crippen molar-refractivity contribution in [1.82, 2.24) is 9.97 Å². The van der Waals surface area contributed by atoms with Gasteiger partial charge >= 0.3 is 0 Å². The summed E-state index contributed by atoms with van der Waals surface area (Å²) in [4.78, 5) is 9.07. The zero-order valence-electron chi connectivity index (χ0n) is 25.0. The number of unbranched alkanes of at least 4 members (excludes halogenated alkanes) is 1. The minimum absolute atomic E-state index is 0.112. The fraction of sp³-hybridized carbons (Fsp3) is 0.533. The maximum atomic E-state index is 14.2. The van der Waals surface area contributed by atoms with Gasteiger partial charge in [-0.25, -0.2) is 14.4 Å². The van der Waals surface area contributed by atoms with Crippen LogP contribution in [-0.4, -0.2) is 44.7 Å². The molecule has 0 amide bonds. The molecule has 0 spiro atoms. The molecule has 1 unspecified atom stereocenters. The highest BCUT2D eigenvalue weighted by molar-refractivity contribution is 6.74. The van der Waals surface area contributed by atoms with E-state index in [4.69, 9.17) is 13.9 Å². The SMILES string of the molecule is CCCCC(C)(CO[Si](C)(C)C(C)(C)C)Nc1cc(NCc2ccc(OC)cc2OC)nc2cc(F)cnc12. The number of hydrogen-bond acceptors (Lipinski definition) is 7. The van der Waals surface area contributed by atoms with Crippen LogP contribution in [0.15, 0.2) is 36.5 Å². The van der Waals surface area contributed by atoms with E-state index in [9.17, 15) is 4.39 Å². The van der Waals surface area contributed by atoms with Gasteiger partial charge in [0.15, 0.2) is 8.32 Å². The fourth-order valence-electron chi connectivity index (χ4n) is 4.08. The van der Waals surface area contributed by atoms with Gasteiger partial charge in [-0.1, -0.05) is 40.5 Å². The average Bonchev–Trinajstić information content (AvgIpc) is 2.88. The minimum atomic E-state index is -1.96. The molecule has 0 aliphatic heterocycles. The van der Waals surface area contributed by atoms with Gasteiger partial charge in [0.25, 0.3) is 0 Å². The maximum absolute atomic E-state index is 14.2. The van der Waals surface area contributed by atoms with E-state index >= 15 is 0 Å². The number of nitrogens with one attached hydrogen (secondary N) is 2. The van der Waals surface area contributed by atoms with Crippen LogP contribution < -0.4 is 20.1 Å². The summed E-state index contributed by atoms with van der Waals surface area (Å²) in [5.74, 6) is 1.62. The van der Waals surface area contributed by atoms with Crippen molar-refractivity contribution in [2.75, 3.05) is 31.5 Å². The molecular weight excluding hydrogens is 511 g/mol. The van der Waals surface area contributed by atoms with Gasteiger partial charge in [0.05, 0.1) is 43.8 Å². The molecule has 1 atom stereocenters. The quantitative estimate of drug-likeness (QED) is 0.208. The third-order valence-electron chi connectivity index (χ3n) is 7.64. The number of aromatic nitrogens is 2. The van der Waals surface area contributed by atoms with Crippen molar-refractivity contribution in [2.45, 2.75) is 84.1 Å². The molecule has 0 saturated carbocycles. The summed E-state index contributed by atoms with van der Waals surface area (Å²) in [5, 5.41) is 7.24. The first-order valence-electron chi connectivity index (χ1n) is 13.6. The third-order valence-corrected chi connectivity index (χ3v) is 12.1. The Labute approximate surface area is 234 Å². The molecule has 0 aliphatic rings. The van der Waals surface area contributed by atoms with E-state index in [1.54, 1.807) is 14.2 Å². The van der Waals surface area contributed by atoms with Crippen molar-refractivity contribution < 1.29 is 18.3 Å². The summed E-state index contributed by atoms with van der Waals surface area (Å²) in [6.45, 7) is 16.7. The van der Waals surface area contributed by atoms with E-state index in [1.807, 2.05) is 24.3 Å². The number of fused-ring (bicyclic) bond motifs is 1. The molecule has 2 aromatic heterocycles. The molecule has 2 heterocycles. The zero-order chi connectivity index (χ0) is 28.8. The number of nitrogens with zero attached hydrogens (tertiary/aromatic N) is 2. The molecule has 39 heavy (non-hydrogen) atoms. The monoisotopic (exact) mass is 556 g/mol. The molecule has 9 heteroatoms. The minimum Gasteiger partial charge on any atom is -0.497 e. The van der Waals surface area contributed by atoms with Crippen LogP contribution in [0.3, 0.4) is 0 Å². The normalized spacial score (nSPS) is 13.7. The van der Waals surface area contributed by atoms with Crippen molar-refractivity contribution >= 4 is 30.9 Å².